The molecule has 0 aliphatic rings. The standard InChI is InChI=1S/C14H11F2N3O4/c15-14(16)10-3-1-9(2-4-10)8-17-12-6-5-11(18(20)21)7-13(12)19(22)23/h1-7,14,17H,8H2. The van der Waals surface area contributed by atoms with Crippen LogP contribution in [0.4, 0.5) is 25.8 Å². The number of hydrogen-bond donors (Lipinski definition) is 1. The number of hydrogen-bond acceptors (Lipinski definition) is 5. The normalized spacial score (nSPS) is 10.6. The van der Waals surface area contributed by atoms with E-state index in [1.54, 1.807) is 0 Å². The maximum atomic E-state index is 12.4. The Balaban J connectivity index is 2.16. The molecular weight excluding hydrogens is 312 g/mol. The van der Waals surface area contributed by atoms with Crippen LogP contribution in [0.15, 0.2) is 42.5 Å². The lowest BCUT2D eigenvalue weighted by atomic mass is 10.1. The van der Waals surface area contributed by atoms with Gasteiger partial charge in [-0.3, -0.25) is 20.2 Å². The molecule has 0 unspecified atom stereocenters. The van der Waals surface area contributed by atoms with Crippen molar-refractivity contribution in [2.45, 2.75) is 13.0 Å². The average Bonchev–Trinajstić information content (AvgIpc) is 2.52. The van der Waals surface area contributed by atoms with Crippen LogP contribution in [-0.4, -0.2) is 9.85 Å². The number of rotatable bonds is 6. The molecule has 120 valence electrons. The summed E-state index contributed by atoms with van der Waals surface area (Å²) >= 11 is 0. The quantitative estimate of drug-likeness (QED) is 0.638. The smallest absolute Gasteiger partial charge is 0.299 e. The summed E-state index contributed by atoms with van der Waals surface area (Å²) in [7, 11) is 0. The third-order valence-electron chi connectivity index (χ3n) is 3.10. The highest BCUT2D eigenvalue weighted by Gasteiger charge is 2.19. The van der Waals surface area contributed by atoms with Crippen molar-refractivity contribution in [1.29, 1.82) is 0 Å². The molecule has 0 saturated heterocycles. The van der Waals surface area contributed by atoms with Crippen LogP contribution in [0.5, 0.6) is 0 Å². The second-order valence-electron chi connectivity index (χ2n) is 4.61. The van der Waals surface area contributed by atoms with Gasteiger partial charge in [-0.05, 0) is 11.6 Å². The maximum Gasteiger partial charge on any atom is 0.299 e. The molecule has 2 rings (SSSR count). The van der Waals surface area contributed by atoms with Gasteiger partial charge >= 0.3 is 0 Å². The number of non-ortho nitro benzene ring substituents is 1. The Morgan fingerprint density at radius 1 is 1.00 bits per heavy atom. The largest absolute Gasteiger partial charge is 0.375 e. The van der Waals surface area contributed by atoms with Gasteiger partial charge in [0.15, 0.2) is 0 Å². The second kappa shape index (κ2) is 6.77. The molecule has 0 heterocycles. The van der Waals surface area contributed by atoms with E-state index in [9.17, 15) is 29.0 Å². The van der Waals surface area contributed by atoms with Gasteiger partial charge in [-0.1, -0.05) is 24.3 Å². The van der Waals surface area contributed by atoms with Crippen molar-refractivity contribution in [3.8, 4) is 0 Å². The number of anilines is 1. The number of alkyl halides is 2. The van der Waals surface area contributed by atoms with Gasteiger partial charge < -0.3 is 5.32 Å². The van der Waals surface area contributed by atoms with Crippen LogP contribution in [0.1, 0.15) is 17.6 Å². The molecule has 0 fully saturated rings. The highest BCUT2D eigenvalue weighted by molar-refractivity contribution is 5.65. The van der Waals surface area contributed by atoms with E-state index in [1.165, 1.54) is 30.3 Å². The Hall–Kier alpha value is -3.10. The van der Waals surface area contributed by atoms with Gasteiger partial charge in [-0.2, -0.15) is 0 Å². The van der Waals surface area contributed by atoms with E-state index in [0.717, 1.165) is 12.1 Å². The lowest BCUT2D eigenvalue weighted by molar-refractivity contribution is -0.393. The Labute approximate surface area is 128 Å². The van der Waals surface area contributed by atoms with Gasteiger partial charge in [0.1, 0.15) is 5.69 Å². The summed E-state index contributed by atoms with van der Waals surface area (Å²) in [6, 6.07) is 8.75. The van der Waals surface area contributed by atoms with E-state index in [2.05, 4.69) is 5.32 Å². The summed E-state index contributed by atoms with van der Waals surface area (Å²) < 4.78 is 24.9. The molecule has 0 radical (unpaired) electrons. The van der Waals surface area contributed by atoms with Gasteiger partial charge in [0, 0.05) is 18.2 Å². The molecule has 7 nitrogen and oxygen atoms in total. The van der Waals surface area contributed by atoms with Crippen LogP contribution >= 0.6 is 0 Å². The zero-order valence-corrected chi connectivity index (χ0v) is 11.6. The lowest BCUT2D eigenvalue weighted by Crippen LogP contribution is -2.03. The van der Waals surface area contributed by atoms with Gasteiger partial charge in [0.2, 0.25) is 0 Å². The summed E-state index contributed by atoms with van der Waals surface area (Å²) in [5.41, 5.74) is -0.178. The van der Waals surface area contributed by atoms with E-state index in [1.807, 2.05) is 0 Å². The molecule has 0 aliphatic carbocycles. The second-order valence-corrected chi connectivity index (χ2v) is 4.61. The van der Waals surface area contributed by atoms with Gasteiger partial charge in [0.25, 0.3) is 17.8 Å². The van der Waals surface area contributed by atoms with Crippen LogP contribution in [0.2, 0.25) is 0 Å². The van der Waals surface area contributed by atoms with Crippen LogP contribution in [0, 0.1) is 20.2 Å². The van der Waals surface area contributed by atoms with Crippen LogP contribution in [0.3, 0.4) is 0 Å². The fraction of sp³-hybridized carbons (Fsp3) is 0.143. The highest BCUT2D eigenvalue weighted by atomic mass is 19.3. The Morgan fingerprint density at radius 3 is 2.17 bits per heavy atom. The van der Waals surface area contributed by atoms with Gasteiger partial charge in [0.05, 0.1) is 15.9 Å². The maximum absolute atomic E-state index is 12.4. The SMILES string of the molecule is O=[N+]([O-])c1ccc(NCc2ccc(C(F)F)cc2)c([N+](=O)[O-])c1. The predicted molar refractivity (Wildman–Crippen MR) is 78.5 cm³/mol. The van der Waals surface area contributed by atoms with E-state index in [4.69, 9.17) is 0 Å². The molecular formula is C14H11F2N3O4. The number of halogens is 2. The molecule has 0 amide bonds. The molecule has 1 N–H and O–H groups in total. The summed E-state index contributed by atoms with van der Waals surface area (Å²) in [4.78, 5) is 20.2. The van der Waals surface area contributed by atoms with Crippen molar-refractivity contribution in [1.82, 2.24) is 0 Å². The van der Waals surface area contributed by atoms with Crippen LogP contribution < -0.4 is 5.32 Å². The van der Waals surface area contributed by atoms with Gasteiger partial charge in [-0.15, -0.1) is 0 Å². The minimum absolute atomic E-state index is 0.110. The fourth-order valence-corrected chi connectivity index (χ4v) is 1.91. The fourth-order valence-electron chi connectivity index (χ4n) is 1.91. The monoisotopic (exact) mass is 323 g/mol. The zero-order chi connectivity index (χ0) is 17.0. The lowest BCUT2D eigenvalue weighted by Gasteiger charge is -2.08. The highest BCUT2D eigenvalue weighted by Crippen LogP contribution is 2.29. The van der Waals surface area contributed by atoms with Crippen LogP contribution in [-0.2, 0) is 6.54 Å². The predicted octanol–water partition coefficient (Wildman–Crippen LogP) is 4.05. The number of nitro groups is 2. The molecule has 0 atom stereocenters. The van der Waals surface area contributed by atoms with E-state index >= 15 is 0 Å². The van der Waals surface area contributed by atoms with Crippen molar-refractivity contribution >= 4 is 17.1 Å². The number of benzene rings is 2. The summed E-state index contributed by atoms with van der Waals surface area (Å²) in [6.45, 7) is 0.155. The van der Waals surface area contributed by atoms with Crippen molar-refractivity contribution < 1.29 is 18.6 Å². The van der Waals surface area contributed by atoms with E-state index < -0.39 is 22.0 Å². The first kappa shape index (κ1) is 16.3. The summed E-state index contributed by atoms with van der Waals surface area (Å²) in [6.07, 6.45) is -2.56. The molecule has 0 saturated carbocycles. The van der Waals surface area contributed by atoms with Gasteiger partial charge in [-0.25, -0.2) is 8.78 Å². The topological polar surface area (TPSA) is 98.3 Å². The average molecular weight is 323 g/mol. The number of nitrogens with zero attached hydrogens (tertiary/aromatic N) is 2. The third kappa shape index (κ3) is 3.96. The summed E-state index contributed by atoms with van der Waals surface area (Å²) in [5, 5.41) is 24.4. The summed E-state index contributed by atoms with van der Waals surface area (Å²) in [5.74, 6) is 0. The zero-order valence-electron chi connectivity index (χ0n) is 11.6. The first-order valence-corrected chi connectivity index (χ1v) is 6.42. The molecule has 2 aromatic rings. The Morgan fingerprint density at radius 2 is 1.65 bits per heavy atom. The first-order valence-electron chi connectivity index (χ1n) is 6.42. The number of nitro benzene ring substituents is 2. The molecule has 0 spiro atoms. The number of nitrogens with one attached hydrogen (secondary N) is 1. The molecule has 0 bridgehead atoms. The molecule has 23 heavy (non-hydrogen) atoms. The van der Waals surface area contributed by atoms with Crippen molar-refractivity contribution in [3.63, 3.8) is 0 Å². The molecule has 0 aromatic heterocycles. The molecule has 9 heteroatoms. The van der Waals surface area contributed by atoms with E-state index in [0.29, 0.717) is 5.56 Å². The minimum Gasteiger partial charge on any atom is -0.375 e. The van der Waals surface area contributed by atoms with Crippen molar-refractivity contribution in [2.24, 2.45) is 0 Å². The molecule has 2 aromatic carbocycles. The van der Waals surface area contributed by atoms with E-state index in [-0.39, 0.29) is 23.5 Å². The minimum atomic E-state index is -2.56. The van der Waals surface area contributed by atoms with Crippen molar-refractivity contribution in [2.75, 3.05) is 5.32 Å². The van der Waals surface area contributed by atoms with Crippen molar-refractivity contribution in [3.05, 3.63) is 73.8 Å². The molecule has 0 aliphatic heterocycles. The Bertz CT molecular complexity index is 735. The third-order valence-corrected chi connectivity index (χ3v) is 3.10. The van der Waals surface area contributed by atoms with Crippen LogP contribution in [0.25, 0.3) is 0 Å². The first-order chi connectivity index (χ1) is 10.9. The Kier molecular flexibility index (Phi) is 4.79.